The molecule has 0 aliphatic rings. The Hall–Kier alpha value is -1.59. The fourth-order valence-corrected chi connectivity index (χ4v) is 2.22. The summed E-state index contributed by atoms with van der Waals surface area (Å²) in [7, 11) is 0. The number of pyridine rings is 1. The van der Waals surface area contributed by atoms with E-state index < -0.39 is 0 Å². The number of anilines is 2. The molecule has 1 aromatic heterocycles. The van der Waals surface area contributed by atoms with Crippen molar-refractivity contribution in [1.82, 2.24) is 4.98 Å². The van der Waals surface area contributed by atoms with E-state index in [2.05, 4.69) is 31.5 Å². The molecule has 2 aromatic rings. The first-order chi connectivity index (χ1) is 9.63. The Morgan fingerprint density at radius 2 is 2.15 bits per heavy atom. The summed E-state index contributed by atoms with van der Waals surface area (Å²) in [6.45, 7) is 2.64. The number of nitrogens with zero attached hydrogens (tertiary/aromatic N) is 1. The van der Waals surface area contributed by atoms with Gasteiger partial charge in [-0.25, -0.2) is 4.98 Å². The van der Waals surface area contributed by atoms with E-state index in [0.717, 1.165) is 0 Å². The molecule has 6 heteroatoms. The molecule has 0 fully saturated rings. The summed E-state index contributed by atoms with van der Waals surface area (Å²) in [4.78, 5) is 16.5. The normalized spacial score (nSPS) is 10.2. The van der Waals surface area contributed by atoms with E-state index in [-0.39, 0.29) is 5.91 Å². The minimum atomic E-state index is -0.239. The fourth-order valence-electron chi connectivity index (χ4n) is 1.69. The Morgan fingerprint density at radius 3 is 2.90 bits per heavy atom. The van der Waals surface area contributed by atoms with Crippen LogP contribution >= 0.6 is 27.5 Å². The maximum atomic E-state index is 12.3. The molecule has 1 aromatic carbocycles. The molecular weight excluding hydrogens is 342 g/mol. The van der Waals surface area contributed by atoms with Gasteiger partial charge in [0.1, 0.15) is 5.82 Å². The van der Waals surface area contributed by atoms with E-state index in [4.69, 9.17) is 11.6 Å². The Labute approximate surface area is 130 Å². The molecule has 2 rings (SSSR count). The maximum absolute atomic E-state index is 12.3. The highest BCUT2D eigenvalue weighted by Gasteiger charge is 2.13. The Bertz CT molecular complexity index is 634. The van der Waals surface area contributed by atoms with Gasteiger partial charge in [-0.05, 0) is 47.1 Å². The second-order valence-electron chi connectivity index (χ2n) is 3.99. The lowest BCUT2D eigenvalue weighted by atomic mass is 10.2. The van der Waals surface area contributed by atoms with Gasteiger partial charge in [0.15, 0.2) is 0 Å². The molecule has 0 aliphatic heterocycles. The number of halogens is 2. The van der Waals surface area contributed by atoms with Crippen LogP contribution in [-0.4, -0.2) is 17.4 Å². The number of amides is 1. The first kappa shape index (κ1) is 14.8. The first-order valence-electron chi connectivity index (χ1n) is 6.07. The van der Waals surface area contributed by atoms with Crippen molar-refractivity contribution in [3.63, 3.8) is 0 Å². The van der Waals surface area contributed by atoms with Gasteiger partial charge in [-0.1, -0.05) is 17.7 Å². The molecule has 0 radical (unpaired) electrons. The lowest BCUT2D eigenvalue weighted by molar-refractivity contribution is 0.102. The van der Waals surface area contributed by atoms with Crippen molar-refractivity contribution < 1.29 is 4.79 Å². The Balaban J connectivity index is 2.26. The van der Waals surface area contributed by atoms with Crippen molar-refractivity contribution in [1.29, 1.82) is 0 Å². The molecular formula is C14H13BrClN3O. The number of hydrogen-bond donors (Lipinski definition) is 2. The predicted octanol–water partition coefficient (Wildman–Crippen LogP) is 4.18. The molecule has 104 valence electrons. The molecule has 1 amide bonds. The number of hydrogen-bond acceptors (Lipinski definition) is 3. The molecule has 0 bridgehead atoms. The van der Waals surface area contributed by atoms with Crippen LogP contribution < -0.4 is 10.6 Å². The van der Waals surface area contributed by atoms with E-state index in [1.54, 1.807) is 36.5 Å². The third-order valence-electron chi connectivity index (χ3n) is 2.60. The molecule has 0 spiro atoms. The number of nitrogens with one attached hydrogen (secondary N) is 2. The average Bonchev–Trinajstić information content (AvgIpc) is 2.45. The first-order valence-corrected chi connectivity index (χ1v) is 7.24. The Morgan fingerprint density at radius 1 is 1.35 bits per heavy atom. The van der Waals surface area contributed by atoms with Gasteiger partial charge in [-0.3, -0.25) is 4.79 Å². The third-order valence-corrected chi connectivity index (χ3v) is 3.99. The van der Waals surface area contributed by atoms with Crippen molar-refractivity contribution in [3.8, 4) is 0 Å². The highest BCUT2D eigenvalue weighted by molar-refractivity contribution is 9.10. The molecule has 2 N–H and O–H groups in total. The van der Waals surface area contributed by atoms with Gasteiger partial charge in [-0.2, -0.15) is 0 Å². The Kier molecular flexibility index (Phi) is 4.98. The summed E-state index contributed by atoms with van der Waals surface area (Å²) < 4.78 is 0.656. The second kappa shape index (κ2) is 6.72. The molecule has 0 aliphatic carbocycles. The molecule has 0 unspecified atom stereocenters. The summed E-state index contributed by atoms with van der Waals surface area (Å²) in [6.07, 6.45) is 1.64. The standard InChI is InChI=1S/C14H13BrClN3O/c1-2-17-13-9(5-4-8-18-13)14(20)19-11-7-3-6-10(16)12(11)15/h3-8H,2H2,1H3,(H,17,18)(H,19,20). The summed E-state index contributed by atoms with van der Waals surface area (Å²) in [5.41, 5.74) is 1.11. The zero-order valence-corrected chi connectivity index (χ0v) is 13.1. The fraction of sp³-hybridized carbons (Fsp3) is 0.143. The number of aromatic nitrogens is 1. The van der Waals surface area contributed by atoms with Gasteiger partial charge in [0, 0.05) is 12.7 Å². The SMILES string of the molecule is CCNc1ncccc1C(=O)Nc1cccc(Cl)c1Br. The van der Waals surface area contributed by atoms with E-state index >= 15 is 0 Å². The van der Waals surface area contributed by atoms with Crippen molar-refractivity contribution in [2.24, 2.45) is 0 Å². The second-order valence-corrected chi connectivity index (χ2v) is 5.19. The summed E-state index contributed by atoms with van der Waals surface area (Å²) >= 11 is 9.35. The van der Waals surface area contributed by atoms with Crippen LogP contribution in [0.1, 0.15) is 17.3 Å². The number of carbonyl (C=O) groups is 1. The summed E-state index contributed by atoms with van der Waals surface area (Å²) in [5, 5.41) is 6.42. The minimum Gasteiger partial charge on any atom is -0.370 e. The van der Waals surface area contributed by atoms with Crippen LogP contribution in [0, 0.1) is 0 Å². The topological polar surface area (TPSA) is 54.0 Å². The molecule has 0 atom stereocenters. The van der Waals surface area contributed by atoms with E-state index in [1.807, 2.05) is 6.92 Å². The number of rotatable bonds is 4. The zero-order chi connectivity index (χ0) is 14.5. The maximum Gasteiger partial charge on any atom is 0.259 e. The van der Waals surface area contributed by atoms with Gasteiger partial charge in [0.2, 0.25) is 0 Å². The molecule has 1 heterocycles. The van der Waals surface area contributed by atoms with Crippen LogP contribution in [-0.2, 0) is 0 Å². The third kappa shape index (κ3) is 3.29. The van der Waals surface area contributed by atoms with Crippen molar-refractivity contribution in [2.75, 3.05) is 17.2 Å². The van der Waals surface area contributed by atoms with Crippen LogP contribution in [0.15, 0.2) is 41.0 Å². The highest BCUT2D eigenvalue weighted by atomic mass is 79.9. The lowest BCUT2D eigenvalue weighted by Gasteiger charge is -2.11. The quantitative estimate of drug-likeness (QED) is 0.866. The van der Waals surface area contributed by atoms with Crippen molar-refractivity contribution in [3.05, 3.63) is 51.6 Å². The lowest BCUT2D eigenvalue weighted by Crippen LogP contribution is -2.16. The monoisotopic (exact) mass is 353 g/mol. The van der Waals surface area contributed by atoms with Crippen LogP contribution in [0.5, 0.6) is 0 Å². The zero-order valence-electron chi connectivity index (χ0n) is 10.8. The largest absolute Gasteiger partial charge is 0.370 e. The van der Waals surface area contributed by atoms with E-state index in [0.29, 0.717) is 33.1 Å². The van der Waals surface area contributed by atoms with E-state index in [1.165, 1.54) is 0 Å². The van der Waals surface area contributed by atoms with Gasteiger partial charge in [0.25, 0.3) is 5.91 Å². The number of carbonyl (C=O) groups excluding carboxylic acids is 1. The van der Waals surface area contributed by atoms with Crippen LogP contribution in [0.4, 0.5) is 11.5 Å². The van der Waals surface area contributed by atoms with Crippen molar-refractivity contribution in [2.45, 2.75) is 6.92 Å². The van der Waals surface area contributed by atoms with Crippen LogP contribution in [0.2, 0.25) is 5.02 Å². The number of benzene rings is 1. The van der Waals surface area contributed by atoms with Gasteiger partial charge >= 0.3 is 0 Å². The van der Waals surface area contributed by atoms with Gasteiger partial charge < -0.3 is 10.6 Å². The summed E-state index contributed by atoms with van der Waals surface area (Å²) in [5.74, 6) is 0.322. The summed E-state index contributed by atoms with van der Waals surface area (Å²) in [6, 6.07) is 8.74. The predicted molar refractivity (Wildman–Crippen MR) is 85.5 cm³/mol. The van der Waals surface area contributed by atoms with Crippen LogP contribution in [0.3, 0.4) is 0 Å². The minimum absolute atomic E-state index is 0.239. The molecule has 0 saturated heterocycles. The average molecular weight is 355 g/mol. The molecule has 20 heavy (non-hydrogen) atoms. The highest BCUT2D eigenvalue weighted by Crippen LogP contribution is 2.30. The van der Waals surface area contributed by atoms with E-state index in [9.17, 15) is 4.79 Å². The molecule has 0 saturated carbocycles. The smallest absolute Gasteiger partial charge is 0.259 e. The van der Waals surface area contributed by atoms with Gasteiger partial charge in [-0.15, -0.1) is 0 Å². The molecule has 4 nitrogen and oxygen atoms in total. The van der Waals surface area contributed by atoms with Crippen LogP contribution in [0.25, 0.3) is 0 Å². The van der Waals surface area contributed by atoms with Crippen molar-refractivity contribution >= 4 is 44.9 Å². The van der Waals surface area contributed by atoms with Gasteiger partial charge in [0.05, 0.1) is 20.7 Å².